The summed E-state index contributed by atoms with van der Waals surface area (Å²) in [5.41, 5.74) is 3.92. The number of aryl methyl sites for hydroxylation is 1. The lowest BCUT2D eigenvalue weighted by Crippen LogP contribution is -2.49. The number of benzene rings is 2. The van der Waals surface area contributed by atoms with Gasteiger partial charge in [-0.2, -0.15) is 0 Å². The van der Waals surface area contributed by atoms with E-state index in [2.05, 4.69) is 30.0 Å². The number of unbranched alkanes of at least 4 members (excludes halogenated alkanes) is 1. The van der Waals surface area contributed by atoms with Crippen molar-refractivity contribution in [1.82, 2.24) is 0 Å². The fourth-order valence-electron chi connectivity index (χ4n) is 6.46. The molecule has 6 heteroatoms. The first-order valence-corrected chi connectivity index (χ1v) is 14.1. The number of ether oxygens (including phenoxy) is 2. The number of aliphatic hydroxyl groups excluding tert-OH is 1. The fourth-order valence-corrected chi connectivity index (χ4v) is 6.65. The summed E-state index contributed by atoms with van der Waals surface area (Å²) in [6, 6.07) is 11.9. The molecular weight excluding hydrogens is 486 g/mol. The Bertz CT molecular complexity index is 1160. The molecule has 2 aromatic rings. The average Bonchev–Trinajstić information content (AvgIpc) is 3.03. The SMILES string of the molecule is CCC/C=C/[C@@H](O)[C@@H]1CC[C@H]1CN1CC2(CCCc3cc(Cl)ccc32)COc2ccc(C(=O)OC)cc21. The summed E-state index contributed by atoms with van der Waals surface area (Å²) in [4.78, 5) is 14.8. The standard InChI is InChI=1S/C31H38ClNO4/c1-3-4-5-8-28(34)25-12-9-23(25)18-33-19-31(15-6-7-21-16-24(32)11-13-26(21)31)20-37-29-14-10-22(17-27(29)33)30(35)36-2/h5,8,10-11,13-14,16-17,23,25,28,34H,3-4,6-7,9,12,15,18-20H2,1-2H3/b8-5+/t23-,25+,28+,31?/m0/s1. The molecule has 1 unspecified atom stereocenters. The number of esters is 1. The molecule has 1 heterocycles. The van der Waals surface area contributed by atoms with Crippen LogP contribution in [-0.2, 0) is 16.6 Å². The Morgan fingerprint density at radius 2 is 2.16 bits per heavy atom. The van der Waals surface area contributed by atoms with Crippen molar-refractivity contribution in [2.24, 2.45) is 11.8 Å². The molecule has 1 N–H and O–H groups in total. The molecule has 5 rings (SSSR count). The van der Waals surface area contributed by atoms with E-state index in [0.717, 1.165) is 74.5 Å². The highest BCUT2D eigenvalue weighted by Crippen LogP contribution is 2.46. The number of carbonyl (C=O) groups excluding carboxylic acids is 1. The summed E-state index contributed by atoms with van der Waals surface area (Å²) >= 11 is 6.37. The van der Waals surface area contributed by atoms with Gasteiger partial charge in [-0.25, -0.2) is 4.79 Å². The Balaban J connectivity index is 1.49. The van der Waals surface area contributed by atoms with Gasteiger partial charge in [-0.05, 0) is 91.8 Å². The van der Waals surface area contributed by atoms with Gasteiger partial charge in [-0.3, -0.25) is 0 Å². The van der Waals surface area contributed by atoms with Crippen molar-refractivity contribution in [1.29, 1.82) is 0 Å². The lowest BCUT2D eigenvalue weighted by molar-refractivity contribution is 0.0456. The van der Waals surface area contributed by atoms with Gasteiger partial charge in [-0.15, -0.1) is 0 Å². The number of rotatable bonds is 7. The molecule has 1 fully saturated rings. The first-order valence-electron chi connectivity index (χ1n) is 13.7. The first-order chi connectivity index (χ1) is 17.9. The molecule has 1 saturated carbocycles. The molecular formula is C31H38ClNO4. The Kier molecular flexibility index (Phi) is 7.83. The van der Waals surface area contributed by atoms with Gasteiger partial charge in [0.2, 0.25) is 0 Å². The molecule has 0 bridgehead atoms. The van der Waals surface area contributed by atoms with Crippen LogP contribution in [0.1, 0.15) is 66.9 Å². The predicted molar refractivity (Wildman–Crippen MR) is 148 cm³/mol. The number of anilines is 1. The van der Waals surface area contributed by atoms with Crippen LogP contribution in [0.2, 0.25) is 5.02 Å². The molecule has 0 aromatic heterocycles. The zero-order chi connectivity index (χ0) is 26.0. The third kappa shape index (κ3) is 5.26. The van der Waals surface area contributed by atoms with Crippen molar-refractivity contribution in [2.45, 2.75) is 63.4 Å². The summed E-state index contributed by atoms with van der Waals surface area (Å²) in [5.74, 6) is 1.07. The Morgan fingerprint density at radius 3 is 2.92 bits per heavy atom. The zero-order valence-corrected chi connectivity index (χ0v) is 22.7. The van der Waals surface area contributed by atoms with Crippen LogP contribution in [0.25, 0.3) is 0 Å². The molecule has 0 amide bonds. The number of hydrogen-bond donors (Lipinski definition) is 1. The minimum atomic E-state index is -0.416. The van der Waals surface area contributed by atoms with Gasteiger partial charge in [0.15, 0.2) is 0 Å². The highest BCUT2D eigenvalue weighted by atomic mass is 35.5. The van der Waals surface area contributed by atoms with E-state index in [1.807, 2.05) is 24.3 Å². The minimum Gasteiger partial charge on any atom is -0.490 e. The van der Waals surface area contributed by atoms with E-state index >= 15 is 0 Å². The molecule has 5 nitrogen and oxygen atoms in total. The molecule has 4 atom stereocenters. The summed E-state index contributed by atoms with van der Waals surface area (Å²) in [6.07, 6.45) is 11.0. The van der Waals surface area contributed by atoms with Crippen LogP contribution in [0, 0.1) is 11.8 Å². The molecule has 0 radical (unpaired) electrons. The maximum Gasteiger partial charge on any atom is 0.337 e. The number of methoxy groups -OCH3 is 1. The maximum atomic E-state index is 12.4. The molecule has 2 aromatic carbocycles. The van der Waals surface area contributed by atoms with Gasteiger partial charge in [0.25, 0.3) is 0 Å². The topological polar surface area (TPSA) is 59.0 Å². The predicted octanol–water partition coefficient (Wildman–Crippen LogP) is 6.34. The summed E-state index contributed by atoms with van der Waals surface area (Å²) in [5, 5.41) is 11.7. The van der Waals surface area contributed by atoms with Gasteiger partial charge in [0.1, 0.15) is 5.75 Å². The van der Waals surface area contributed by atoms with Crippen molar-refractivity contribution < 1.29 is 19.4 Å². The van der Waals surface area contributed by atoms with Gasteiger partial charge < -0.3 is 19.5 Å². The van der Waals surface area contributed by atoms with Gasteiger partial charge in [-0.1, -0.05) is 43.2 Å². The third-order valence-electron chi connectivity index (χ3n) is 8.62. The number of nitrogens with zero attached hydrogens (tertiary/aromatic N) is 1. The highest BCUT2D eigenvalue weighted by molar-refractivity contribution is 6.30. The largest absolute Gasteiger partial charge is 0.490 e. The second kappa shape index (κ2) is 11.1. The second-order valence-electron chi connectivity index (χ2n) is 11.0. The quantitative estimate of drug-likeness (QED) is 0.339. The van der Waals surface area contributed by atoms with E-state index in [-0.39, 0.29) is 17.3 Å². The lowest BCUT2D eigenvalue weighted by atomic mass is 9.68. The van der Waals surface area contributed by atoms with E-state index in [4.69, 9.17) is 21.1 Å². The Morgan fingerprint density at radius 1 is 1.30 bits per heavy atom. The van der Waals surface area contributed by atoms with Crippen molar-refractivity contribution in [3.8, 4) is 5.75 Å². The summed E-state index contributed by atoms with van der Waals surface area (Å²) < 4.78 is 11.5. The number of aliphatic hydroxyl groups is 1. The molecule has 0 saturated heterocycles. The van der Waals surface area contributed by atoms with E-state index in [0.29, 0.717) is 18.1 Å². The number of allylic oxidation sites excluding steroid dienone is 1. The lowest BCUT2D eigenvalue weighted by Gasteiger charge is -2.45. The number of fused-ring (bicyclic) bond motifs is 3. The van der Waals surface area contributed by atoms with E-state index < -0.39 is 6.10 Å². The summed E-state index contributed by atoms with van der Waals surface area (Å²) in [7, 11) is 1.41. The van der Waals surface area contributed by atoms with Crippen molar-refractivity contribution >= 4 is 23.3 Å². The molecule has 2 aliphatic carbocycles. The Labute approximate surface area is 225 Å². The molecule has 37 heavy (non-hydrogen) atoms. The van der Waals surface area contributed by atoms with Crippen LogP contribution in [0.15, 0.2) is 48.6 Å². The molecule has 198 valence electrons. The van der Waals surface area contributed by atoms with Crippen LogP contribution in [0.3, 0.4) is 0 Å². The molecule has 1 aliphatic heterocycles. The van der Waals surface area contributed by atoms with Crippen LogP contribution < -0.4 is 9.64 Å². The van der Waals surface area contributed by atoms with Crippen molar-refractivity contribution in [2.75, 3.05) is 31.7 Å². The zero-order valence-electron chi connectivity index (χ0n) is 21.9. The van der Waals surface area contributed by atoms with E-state index in [1.165, 1.54) is 18.2 Å². The number of halogens is 1. The fraction of sp³-hybridized carbons (Fsp3) is 0.516. The Hall–Kier alpha value is -2.50. The van der Waals surface area contributed by atoms with E-state index in [9.17, 15) is 9.90 Å². The highest BCUT2D eigenvalue weighted by Gasteiger charge is 2.44. The first kappa shape index (κ1) is 26.1. The van der Waals surface area contributed by atoms with Crippen molar-refractivity contribution in [3.05, 3.63) is 70.3 Å². The normalized spacial score (nSPS) is 25.6. The smallest absolute Gasteiger partial charge is 0.337 e. The second-order valence-corrected chi connectivity index (χ2v) is 11.4. The number of hydrogen-bond acceptors (Lipinski definition) is 5. The maximum absolute atomic E-state index is 12.4. The van der Waals surface area contributed by atoms with Crippen LogP contribution in [-0.4, -0.2) is 44.0 Å². The van der Waals surface area contributed by atoms with E-state index in [1.54, 1.807) is 6.07 Å². The van der Waals surface area contributed by atoms with Gasteiger partial charge >= 0.3 is 5.97 Å². The number of carbonyl (C=O) groups is 1. The van der Waals surface area contributed by atoms with Gasteiger partial charge in [0, 0.05) is 23.5 Å². The molecule has 1 spiro atoms. The van der Waals surface area contributed by atoms with Crippen LogP contribution in [0.4, 0.5) is 5.69 Å². The third-order valence-corrected chi connectivity index (χ3v) is 8.85. The molecule has 3 aliphatic rings. The minimum absolute atomic E-state index is 0.165. The van der Waals surface area contributed by atoms with Crippen LogP contribution >= 0.6 is 11.6 Å². The van der Waals surface area contributed by atoms with Gasteiger partial charge in [0.05, 0.1) is 31.1 Å². The average molecular weight is 524 g/mol. The van der Waals surface area contributed by atoms with Crippen molar-refractivity contribution in [3.63, 3.8) is 0 Å². The summed E-state index contributed by atoms with van der Waals surface area (Å²) in [6.45, 7) is 4.34. The monoisotopic (exact) mass is 523 g/mol. The van der Waals surface area contributed by atoms with Crippen LogP contribution in [0.5, 0.6) is 5.75 Å².